The van der Waals surface area contributed by atoms with Gasteiger partial charge in [-0.05, 0) is 35.7 Å². The van der Waals surface area contributed by atoms with Crippen molar-refractivity contribution in [1.29, 1.82) is 0 Å². The van der Waals surface area contributed by atoms with Crippen molar-refractivity contribution < 1.29 is 18.3 Å². The summed E-state index contributed by atoms with van der Waals surface area (Å²) in [6, 6.07) is 15.6. The van der Waals surface area contributed by atoms with Crippen LogP contribution in [0, 0.1) is 0 Å². The summed E-state index contributed by atoms with van der Waals surface area (Å²) in [5.41, 5.74) is 1.64. The summed E-state index contributed by atoms with van der Waals surface area (Å²) in [6.07, 6.45) is 0.347. The van der Waals surface area contributed by atoms with Crippen LogP contribution in [0.4, 0.5) is 14.5 Å². The Morgan fingerprint density at radius 2 is 1.73 bits per heavy atom. The fourth-order valence-corrected chi connectivity index (χ4v) is 2.11. The molecule has 0 heterocycles. The van der Waals surface area contributed by atoms with Crippen LogP contribution in [0.3, 0.4) is 0 Å². The summed E-state index contributed by atoms with van der Waals surface area (Å²) in [4.78, 5) is 12.0. The van der Waals surface area contributed by atoms with Gasteiger partial charge >= 0.3 is 6.61 Å². The minimum absolute atomic E-state index is 0.0608. The number of hydrogen-bond acceptors (Lipinski definition) is 2. The molecule has 116 valence electrons. The number of alkyl halides is 2. The number of halogens is 2. The molecule has 0 spiro atoms. The molecule has 1 atom stereocenters. The second kappa shape index (κ2) is 7.54. The molecule has 0 aliphatic carbocycles. The monoisotopic (exact) mass is 305 g/mol. The minimum Gasteiger partial charge on any atom is -0.435 e. The average molecular weight is 305 g/mol. The normalized spacial score (nSPS) is 12.0. The molecule has 5 heteroatoms. The van der Waals surface area contributed by atoms with E-state index in [1.807, 2.05) is 37.3 Å². The van der Waals surface area contributed by atoms with Crippen LogP contribution in [-0.4, -0.2) is 12.5 Å². The van der Waals surface area contributed by atoms with Crippen LogP contribution in [0.15, 0.2) is 54.6 Å². The smallest absolute Gasteiger partial charge is 0.387 e. The standard InChI is InChI=1S/C17H17F2NO2/c1-12(13-5-3-2-4-6-13)11-16(21)20-14-7-9-15(10-8-14)22-17(18)19/h2-10,12,17H,11H2,1H3,(H,20,21)/t12-/m0/s1. The summed E-state index contributed by atoms with van der Waals surface area (Å²) in [5.74, 6) is 0.0344. The van der Waals surface area contributed by atoms with E-state index < -0.39 is 6.61 Å². The first-order valence-electron chi connectivity index (χ1n) is 6.94. The van der Waals surface area contributed by atoms with Crippen molar-refractivity contribution in [1.82, 2.24) is 0 Å². The van der Waals surface area contributed by atoms with Gasteiger partial charge in [-0.2, -0.15) is 8.78 Å². The fourth-order valence-electron chi connectivity index (χ4n) is 2.11. The summed E-state index contributed by atoms with van der Waals surface area (Å²) in [5, 5.41) is 2.74. The Morgan fingerprint density at radius 1 is 1.09 bits per heavy atom. The van der Waals surface area contributed by atoms with Crippen molar-refractivity contribution in [3.05, 3.63) is 60.2 Å². The number of ether oxygens (including phenoxy) is 1. The molecule has 0 unspecified atom stereocenters. The molecule has 3 nitrogen and oxygen atoms in total. The van der Waals surface area contributed by atoms with Gasteiger partial charge < -0.3 is 10.1 Å². The van der Waals surface area contributed by atoms with E-state index in [1.165, 1.54) is 24.3 Å². The highest BCUT2D eigenvalue weighted by molar-refractivity contribution is 5.91. The Morgan fingerprint density at radius 3 is 2.32 bits per heavy atom. The first kappa shape index (κ1) is 15.9. The molecule has 0 saturated heterocycles. The lowest BCUT2D eigenvalue weighted by Crippen LogP contribution is -2.14. The van der Waals surface area contributed by atoms with Crippen LogP contribution >= 0.6 is 0 Å². The van der Waals surface area contributed by atoms with E-state index in [9.17, 15) is 13.6 Å². The van der Waals surface area contributed by atoms with Crippen molar-refractivity contribution >= 4 is 11.6 Å². The van der Waals surface area contributed by atoms with Gasteiger partial charge in [0.05, 0.1) is 0 Å². The Balaban J connectivity index is 1.89. The topological polar surface area (TPSA) is 38.3 Å². The molecule has 2 aromatic carbocycles. The van der Waals surface area contributed by atoms with Gasteiger partial charge in [-0.1, -0.05) is 37.3 Å². The van der Waals surface area contributed by atoms with E-state index >= 15 is 0 Å². The summed E-state index contributed by atoms with van der Waals surface area (Å²) < 4.78 is 28.3. The molecule has 0 bridgehead atoms. The van der Waals surface area contributed by atoms with Crippen LogP contribution in [0.1, 0.15) is 24.8 Å². The summed E-state index contributed by atoms with van der Waals surface area (Å²) in [7, 11) is 0. The van der Waals surface area contributed by atoms with Gasteiger partial charge in [0, 0.05) is 12.1 Å². The van der Waals surface area contributed by atoms with Crippen molar-refractivity contribution in [2.75, 3.05) is 5.32 Å². The maximum absolute atomic E-state index is 12.0. The molecule has 1 amide bonds. The molecule has 0 aromatic heterocycles. The van der Waals surface area contributed by atoms with Crippen molar-refractivity contribution in [2.45, 2.75) is 25.9 Å². The van der Waals surface area contributed by atoms with Crippen LogP contribution in [0.25, 0.3) is 0 Å². The number of hydrogen-bond donors (Lipinski definition) is 1. The third-order valence-electron chi connectivity index (χ3n) is 3.22. The predicted octanol–water partition coefficient (Wildman–Crippen LogP) is 4.42. The van der Waals surface area contributed by atoms with Gasteiger partial charge in [-0.15, -0.1) is 0 Å². The summed E-state index contributed by atoms with van der Waals surface area (Å²) >= 11 is 0. The second-order valence-corrected chi connectivity index (χ2v) is 4.97. The zero-order chi connectivity index (χ0) is 15.9. The van der Waals surface area contributed by atoms with Crippen LogP contribution < -0.4 is 10.1 Å². The highest BCUT2D eigenvalue weighted by Crippen LogP contribution is 2.21. The molecular formula is C17H17F2NO2. The van der Waals surface area contributed by atoms with E-state index in [4.69, 9.17) is 0 Å². The van der Waals surface area contributed by atoms with Gasteiger partial charge in [-0.3, -0.25) is 4.79 Å². The summed E-state index contributed by atoms with van der Waals surface area (Å²) in [6.45, 7) is -0.874. The van der Waals surface area contributed by atoms with Crippen LogP contribution in [0.2, 0.25) is 0 Å². The lowest BCUT2D eigenvalue weighted by atomic mass is 9.97. The molecule has 2 rings (SSSR count). The number of amides is 1. The molecular weight excluding hydrogens is 288 g/mol. The van der Waals surface area contributed by atoms with E-state index in [-0.39, 0.29) is 17.6 Å². The number of anilines is 1. The maximum Gasteiger partial charge on any atom is 0.387 e. The first-order chi connectivity index (χ1) is 10.5. The van der Waals surface area contributed by atoms with Gasteiger partial charge in [0.25, 0.3) is 0 Å². The SMILES string of the molecule is C[C@@H](CC(=O)Nc1ccc(OC(F)F)cc1)c1ccccc1. The molecule has 2 aromatic rings. The predicted molar refractivity (Wildman–Crippen MR) is 81.2 cm³/mol. The Bertz CT molecular complexity index is 600. The third kappa shape index (κ3) is 4.84. The first-order valence-corrected chi connectivity index (χ1v) is 6.94. The van der Waals surface area contributed by atoms with E-state index in [0.717, 1.165) is 5.56 Å². The number of carbonyl (C=O) groups is 1. The molecule has 0 fully saturated rings. The molecule has 1 N–H and O–H groups in total. The molecule has 0 radical (unpaired) electrons. The number of nitrogens with one attached hydrogen (secondary N) is 1. The van der Waals surface area contributed by atoms with E-state index in [0.29, 0.717) is 12.1 Å². The Labute approximate surface area is 127 Å². The highest BCUT2D eigenvalue weighted by Gasteiger charge is 2.11. The number of benzene rings is 2. The van der Waals surface area contributed by atoms with Gasteiger partial charge in [0.2, 0.25) is 5.91 Å². The van der Waals surface area contributed by atoms with Gasteiger partial charge in [-0.25, -0.2) is 0 Å². The van der Waals surface area contributed by atoms with E-state index in [1.54, 1.807) is 0 Å². The molecule has 0 aliphatic heterocycles. The molecule has 0 saturated carbocycles. The van der Waals surface area contributed by atoms with Crippen LogP contribution in [0.5, 0.6) is 5.75 Å². The maximum atomic E-state index is 12.0. The fraction of sp³-hybridized carbons (Fsp3) is 0.235. The lowest BCUT2D eigenvalue weighted by Gasteiger charge is -2.12. The van der Waals surface area contributed by atoms with Crippen LogP contribution in [-0.2, 0) is 4.79 Å². The van der Waals surface area contributed by atoms with Crippen molar-refractivity contribution in [3.8, 4) is 5.75 Å². The average Bonchev–Trinajstić information content (AvgIpc) is 2.49. The Kier molecular flexibility index (Phi) is 5.47. The van der Waals surface area contributed by atoms with Gasteiger partial charge in [0.15, 0.2) is 0 Å². The van der Waals surface area contributed by atoms with Crippen molar-refractivity contribution in [3.63, 3.8) is 0 Å². The quantitative estimate of drug-likeness (QED) is 0.858. The van der Waals surface area contributed by atoms with E-state index in [2.05, 4.69) is 10.1 Å². The molecule has 0 aliphatic rings. The Hall–Kier alpha value is -2.43. The number of carbonyl (C=O) groups excluding carboxylic acids is 1. The largest absolute Gasteiger partial charge is 0.435 e. The zero-order valence-corrected chi connectivity index (χ0v) is 12.1. The zero-order valence-electron chi connectivity index (χ0n) is 12.1. The second-order valence-electron chi connectivity index (χ2n) is 4.97. The minimum atomic E-state index is -2.85. The number of rotatable bonds is 6. The molecule has 22 heavy (non-hydrogen) atoms. The highest BCUT2D eigenvalue weighted by atomic mass is 19.3. The lowest BCUT2D eigenvalue weighted by molar-refractivity contribution is -0.116. The van der Waals surface area contributed by atoms with Crippen molar-refractivity contribution in [2.24, 2.45) is 0 Å². The third-order valence-corrected chi connectivity index (χ3v) is 3.22. The van der Waals surface area contributed by atoms with Gasteiger partial charge in [0.1, 0.15) is 5.75 Å².